The Bertz CT molecular complexity index is 65.4. The number of aliphatic hydroxyl groups excluding tert-OH is 1. The van der Waals surface area contributed by atoms with Gasteiger partial charge in [-0.25, -0.2) is 0 Å². The number of hydrogen-bond donors (Lipinski definition) is 2. The Balaban J connectivity index is 0. The third-order valence-corrected chi connectivity index (χ3v) is 0.721. The Morgan fingerprint density at radius 3 is 2.25 bits per heavy atom. The Labute approximate surface area is 55.8 Å². The van der Waals surface area contributed by atoms with E-state index in [1.54, 1.807) is 0 Å². The average molecular weight is 138 g/mol. The number of rotatable bonds is 3. The number of nitrogens with two attached hydrogens (primary N) is 1. The first kappa shape index (κ1) is 10.8. The molecule has 3 heteroatoms. The van der Waals surface area contributed by atoms with E-state index in [-0.39, 0.29) is 19.0 Å². The maximum Gasteiger partial charge on any atom is 0.0639 e. The fraction of sp³-hybridized carbons (Fsp3) is 0.600. The lowest BCUT2D eigenvalue weighted by Gasteiger charge is -1.93. The quantitative estimate of drug-likeness (QED) is 0.550. The molecule has 0 aromatic rings. The number of aliphatic hydroxyl groups is 1. The van der Waals surface area contributed by atoms with E-state index >= 15 is 0 Å². The summed E-state index contributed by atoms with van der Waals surface area (Å²) in [5, 5.41) is 8.31. The maximum absolute atomic E-state index is 8.31. The van der Waals surface area contributed by atoms with Gasteiger partial charge in [-0.3, -0.25) is 0 Å². The van der Waals surface area contributed by atoms with Crippen LogP contribution in [0.5, 0.6) is 0 Å². The molecule has 0 fully saturated rings. The van der Waals surface area contributed by atoms with E-state index in [0.717, 1.165) is 12.0 Å². The van der Waals surface area contributed by atoms with Crippen molar-refractivity contribution in [3.05, 3.63) is 12.2 Å². The first-order valence-corrected chi connectivity index (χ1v) is 2.29. The largest absolute Gasteiger partial charge is 0.392 e. The standard InChI is InChI=1S/C5H11NO.ClH/c1-5(4-7)2-3-6;/h7H,1-4,6H2;1H. The summed E-state index contributed by atoms with van der Waals surface area (Å²) in [7, 11) is 0. The monoisotopic (exact) mass is 137 g/mol. The van der Waals surface area contributed by atoms with Crippen LogP contribution in [0.2, 0.25) is 0 Å². The normalized spacial score (nSPS) is 7.75. The lowest BCUT2D eigenvalue weighted by Crippen LogP contribution is -2.01. The molecular formula is C5H12ClNO. The van der Waals surface area contributed by atoms with Gasteiger partial charge in [-0.2, -0.15) is 0 Å². The predicted octanol–water partition coefficient (Wildman–Crippen LogP) is 0.306. The Morgan fingerprint density at radius 2 is 2.12 bits per heavy atom. The van der Waals surface area contributed by atoms with Gasteiger partial charge in [0.1, 0.15) is 0 Å². The van der Waals surface area contributed by atoms with Gasteiger partial charge in [0.25, 0.3) is 0 Å². The van der Waals surface area contributed by atoms with E-state index < -0.39 is 0 Å². The first-order valence-electron chi connectivity index (χ1n) is 2.29. The molecule has 2 nitrogen and oxygen atoms in total. The van der Waals surface area contributed by atoms with E-state index in [0.29, 0.717) is 6.54 Å². The summed E-state index contributed by atoms with van der Waals surface area (Å²) in [6.07, 6.45) is 0.733. The van der Waals surface area contributed by atoms with Crippen LogP contribution in [0.1, 0.15) is 6.42 Å². The molecule has 3 N–H and O–H groups in total. The third kappa shape index (κ3) is 5.95. The van der Waals surface area contributed by atoms with Gasteiger partial charge >= 0.3 is 0 Å². The van der Waals surface area contributed by atoms with Crippen LogP contribution in [-0.4, -0.2) is 18.3 Å². The molecule has 0 aromatic carbocycles. The first-order chi connectivity index (χ1) is 3.31. The van der Waals surface area contributed by atoms with Crippen LogP contribution in [0.15, 0.2) is 12.2 Å². The van der Waals surface area contributed by atoms with Crippen molar-refractivity contribution in [2.24, 2.45) is 5.73 Å². The van der Waals surface area contributed by atoms with Crippen molar-refractivity contribution in [2.75, 3.05) is 13.2 Å². The molecule has 0 spiro atoms. The summed E-state index contributed by atoms with van der Waals surface area (Å²) in [6.45, 7) is 4.18. The van der Waals surface area contributed by atoms with E-state index in [4.69, 9.17) is 10.8 Å². The summed E-state index contributed by atoms with van der Waals surface area (Å²) in [5.74, 6) is 0. The minimum Gasteiger partial charge on any atom is -0.392 e. The molecule has 0 radical (unpaired) electrons. The molecule has 0 atom stereocenters. The van der Waals surface area contributed by atoms with E-state index in [9.17, 15) is 0 Å². The maximum atomic E-state index is 8.31. The Hall–Kier alpha value is -0.0500. The zero-order chi connectivity index (χ0) is 5.70. The lowest BCUT2D eigenvalue weighted by atomic mass is 10.2. The van der Waals surface area contributed by atoms with Crippen LogP contribution < -0.4 is 5.73 Å². The smallest absolute Gasteiger partial charge is 0.0639 e. The second kappa shape index (κ2) is 6.95. The number of halogens is 1. The highest BCUT2D eigenvalue weighted by Gasteiger charge is 1.84. The van der Waals surface area contributed by atoms with Crippen molar-refractivity contribution in [2.45, 2.75) is 6.42 Å². The van der Waals surface area contributed by atoms with Crippen LogP contribution in [0, 0.1) is 0 Å². The van der Waals surface area contributed by atoms with E-state index in [1.165, 1.54) is 0 Å². The summed E-state index contributed by atoms with van der Waals surface area (Å²) in [6, 6.07) is 0. The van der Waals surface area contributed by atoms with Crippen molar-refractivity contribution in [3.8, 4) is 0 Å². The minimum atomic E-state index is 0. The van der Waals surface area contributed by atoms with Crippen LogP contribution in [0.3, 0.4) is 0 Å². The van der Waals surface area contributed by atoms with Crippen LogP contribution in [0.25, 0.3) is 0 Å². The topological polar surface area (TPSA) is 46.2 Å². The summed E-state index contributed by atoms with van der Waals surface area (Å²) in [5.41, 5.74) is 5.94. The van der Waals surface area contributed by atoms with E-state index in [1.807, 2.05) is 0 Å². The summed E-state index contributed by atoms with van der Waals surface area (Å²) in [4.78, 5) is 0. The van der Waals surface area contributed by atoms with Crippen molar-refractivity contribution < 1.29 is 5.11 Å². The van der Waals surface area contributed by atoms with Gasteiger partial charge in [0.2, 0.25) is 0 Å². The molecular weight excluding hydrogens is 126 g/mol. The SMILES string of the molecule is C=C(CO)CCN.Cl. The molecule has 0 saturated heterocycles. The van der Waals surface area contributed by atoms with Gasteiger partial charge < -0.3 is 10.8 Å². The third-order valence-electron chi connectivity index (χ3n) is 0.721. The predicted molar refractivity (Wildman–Crippen MR) is 37.1 cm³/mol. The molecule has 0 amide bonds. The lowest BCUT2D eigenvalue weighted by molar-refractivity contribution is 0.327. The zero-order valence-corrected chi connectivity index (χ0v) is 5.58. The molecule has 0 bridgehead atoms. The molecule has 0 aliphatic heterocycles. The molecule has 0 aliphatic rings. The molecule has 0 aromatic heterocycles. The van der Waals surface area contributed by atoms with Crippen LogP contribution >= 0.6 is 12.4 Å². The van der Waals surface area contributed by atoms with Crippen molar-refractivity contribution in [1.29, 1.82) is 0 Å². The van der Waals surface area contributed by atoms with Crippen LogP contribution in [0.4, 0.5) is 0 Å². The average Bonchev–Trinajstić information content (AvgIpc) is 1.68. The Kier molecular flexibility index (Phi) is 9.42. The van der Waals surface area contributed by atoms with Crippen molar-refractivity contribution in [1.82, 2.24) is 0 Å². The molecule has 0 saturated carbocycles. The summed E-state index contributed by atoms with van der Waals surface area (Å²) < 4.78 is 0. The van der Waals surface area contributed by atoms with Gasteiger partial charge in [0.15, 0.2) is 0 Å². The Morgan fingerprint density at radius 1 is 1.62 bits per heavy atom. The van der Waals surface area contributed by atoms with Crippen LogP contribution in [-0.2, 0) is 0 Å². The van der Waals surface area contributed by atoms with Crippen molar-refractivity contribution >= 4 is 12.4 Å². The molecule has 0 heterocycles. The van der Waals surface area contributed by atoms with E-state index in [2.05, 4.69) is 6.58 Å². The molecule has 0 unspecified atom stereocenters. The van der Waals surface area contributed by atoms with Gasteiger partial charge in [-0.05, 0) is 13.0 Å². The van der Waals surface area contributed by atoms with Gasteiger partial charge in [0, 0.05) is 0 Å². The fourth-order valence-electron chi connectivity index (χ4n) is 0.283. The molecule has 8 heavy (non-hydrogen) atoms. The van der Waals surface area contributed by atoms with Crippen molar-refractivity contribution in [3.63, 3.8) is 0 Å². The highest BCUT2D eigenvalue weighted by atomic mass is 35.5. The fourth-order valence-corrected chi connectivity index (χ4v) is 0.283. The second-order valence-electron chi connectivity index (χ2n) is 1.45. The van der Waals surface area contributed by atoms with Gasteiger partial charge in [0.05, 0.1) is 6.61 Å². The zero-order valence-electron chi connectivity index (χ0n) is 4.76. The summed E-state index contributed by atoms with van der Waals surface area (Å²) >= 11 is 0. The highest BCUT2D eigenvalue weighted by molar-refractivity contribution is 5.85. The van der Waals surface area contributed by atoms with Gasteiger partial charge in [-0.1, -0.05) is 12.2 Å². The molecule has 0 rings (SSSR count). The number of hydrogen-bond acceptors (Lipinski definition) is 2. The highest BCUT2D eigenvalue weighted by Crippen LogP contribution is 1.90. The minimum absolute atomic E-state index is 0. The van der Waals surface area contributed by atoms with Gasteiger partial charge in [-0.15, -0.1) is 12.4 Å². The molecule has 50 valence electrons. The molecule has 0 aliphatic carbocycles. The second-order valence-corrected chi connectivity index (χ2v) is 1.45.